The van der Waals surface area contributed by atoms with Crippen molar-refractivity contribution < 1.29 is 29.0 Å². The summed E-state index contributed by atoms with van der Waals surface area (Å²) >= 11 is 0. The van der Waals surface area contributed by atoms with E-state index in [4.69, 9.17) is 20.3 Å². The summed E-state index contributed by atoms with van der Waals surface area (Å²) in [6.07, 6.45) is 1.98. The Balaban J connectivity index is 0.00000456. The van der Waals surface area contributed by atoms with Crippen molar-refractivity contribution in [2.24, 2.45) is 11.7 Å². The minimum Gasteiger partial charge on any atom is -0.489 e. The van der Waals surface area contributed by atoms with Crippen LogP contribution in [0.15, 0.2) is 54.6 Å². The first-order valence-electron chi connectivity index (χ1n) is 12.1. The zero-order valence-electron chi connectivity index (χ0n) is 20.3. The molecular formula is C27H35ClN2O6. The quantitative estimate of drug-likeness (QED) is 0.390. The molecule has 0 aliphatic carbocycles. The van der Waals surface area contributed by atoms with Gasteiger partial charge in [0.25, 0.3) is 0 Å². The number of carbonyl (C=O) groups excluding carboxylic acids is 2. The lowest BCUT2D eigenvalue weighted by molar-refractivity contribution is -0.154. The highest BCUT2D eigenvalue weighted by Gasteiger charge is 2.26. The summed E-state index contributed by atoms with van der Waals surface area (Å²) in [6.45, 7) is 1.93. The third-order valence-corrected chi connectivity index (χ3v) is 6.22. The number of likely N-dealkylation sites (tertiary alicyclic amines) is 1. The van der Waals surface area contributed by atoms with Gasteiger partial charge in [-0.1, -0.05) is 48.5 Å². The van der Waals surface area contributed by atoms with Gasteiger partial charge in [-0.3, -0.25) is 19.3 Å². The first kappa shape index (κ1) is 29.1. The fraction of sp³-hybridized carbons (Fsp3) is 0.444. The first-order valence-corrected chi connectivity index (χ1v) is 12.1. The number of benzene rings is 2. The fourth-order valence-corrected chi connectivity index (χ4v) is 4.22. The molecule has 9 heteroatoms. The van der Waals surface area contributed by atoms with Crippen LogP contribution in [0.2, 0.25) is 0 Å². The number of carboxylic acids is 1. The van der Waals surface area contributed by atoms with Gasteiger partial charge < -0.3 is 20.3 Å². The average Bonchev–Trinajstić information content (AvgIpc) is 2.86. The number of aryl methyl sites for hydroxylation is 2. The molecule has 0 bridgehead atoms. The molecule has 3 rings (SSSR count). The number of piperidine rings is 1. The topological polar surface area (TPSA) is 119 Å². The van der Waals surface area contributed by atoms with Crippen LogP contribution >= 0.6 is 12.4 Å². The van der Waals surface area contributed by atoms with E-state index in [9.17, 15) is 14.4 Å². The van der Waals surface area contributed by atoms with Gasteiger partial charge in [-0.2, -0.15) is 0 Å². The van der Waals surface area contributed by atoms with E-state index in [-0.39, 0.29) is 43.7 Å². The molecule has 0 saturated carbocycles. The Morgan fingerprint density at radius 3 is 2.31 bits per heavy atom. The number of carboxylic acid groups (broad SMARTS) is 1. The molecule has 2 aromatic carbocycles. The van der Waals surface area contributed by atoms with Gasteiger partial charge in [0, 0.05) is 12.5 Å². The molecule has 1 saturated heterocycles. The van der Waals surface area contributed by atoms with E-state index in [1.54, 1.807) is 0 Å². The van der Waals surface area contributed by atoms with E-state index in [0.29, 0.717) is 32.5 Å². The average molecular weight is 519 g/mol. The van der Waals surface area contributed by atoms with Gasteiger partial charge in [0.1, 0.15) is 18.5 Å². The number of para-hydroxylation sites is 1. The van der Waals surface area contributed by atoms with Gasteiger partial charge >= 0.3 is 11.9 Å². The second kappa shape index (κ2) is 15.1. The van der Waals surface area contributed by atoms with Crippen molar-refractivity contribution >= 4 is 30.3 Å². The maximum Gasteiger partial charge on any atom is 0.306 e. The monoisotopic (exact) mass is 518 g/mol. The van der Waals surface area contributed by atoms with Gasteiger partial charge in [0.2, 0.25) is 5.91 Å². The van der Waals surface area contributed by atoms with Crippen LogP contribution in [0.5, 0.6) is 5.75 Å². The van der Waals surface area contributed by atoms with Crippen molar-refractivity contribution in [3.05, 3.63) is 65.7 Å². The van der Waals surface area contributed by atoms with Crippen LogP contribution in [-0.4, -0.2) is 60.2 Å². The smallest absolute Gasteiger partial charge is 0.306 e. The van der Waals surface area contributed by atoms with E-state index in [0.717, 1.165) is 24.2 Å². The number of halogens is 1. The molecule has 1 fully saturated rings. The number of ether oxygens (including phenoxy) is 2. The van der Waals surface area contributed by atoms with Crippen LogP contribution in [0.1, 0.15) is 36.8 Å². The molecule has 2 aromatic rings. The number of nitrogens with two attached hydrogens (primary N) is 1. The molecule has 0 spiro atoms. The lowest BCUT2D eigenvalue weighted by Gasteiger charge is -2.33. The van der Waals surface area contributed by atoms with Gasteiger partial charge in [0.15, 0.2) is 0 Å². The van der Waals surface area contributed by atoms with Gasteiger partial charge in [-0.15, -0.1) is 12.4 Å². The number of rotatable bonds is 13. The molecule has 0 radical (unpaired) electrons. The van der Waals surface area contributed by atoms with Crippen LogP contribution < -0.4 is 10.5 Å². The normalized spacial score (nSPS) is 14.9. The second-order valence-corrected chi connectivity index (χ2v) is 8.89. The molecule has 1 aliphatic heterocycles. The van der Waals surface area contributed by atoms with Crippen LogP contribution in [0.3, 0.4) is 0 Å². The largest absolute Gasteiger partial charge is 0.489 e. The zero-order chi connectivity index (χ0) is 25.0. The van der Waals surface area contributed by atoms with E-state index in [1.165, 1.54) is 5.56 Å². The number of primary amides is 1. The molecule has 0 aromatic heterocycles. The van der Waals surface area contributed by atoms with Crippen LogP contribution in [0.4, 0.5) is 0 Å². The summed E-state index contributed by atoms with van der Waals surface area (Å²) in [6, 6.07) is 18.0. The van der Waals surface area contributed by atoms with Crippen molar-refractivity contribution in [2.75, 3.05) is 26.2 Å². The number of hydrogen-bond acceptors (Lipinski definition) is 6. The standard InChI is InChI=1S/C27H34N2O6.ClH/c28-27(33)22-14-16-29(17-15-22)18-23(35-26(32)13-12-25(30)31)19-34-24-9-5-4-8-21(24)11-10-20-6-2-1-3-7-20;/h1-9,22-23H,10-19H2,(H2,28,33)(H,30,31);1H. The van der Waals surface area contributed by atoms with Crippen molar-refractivity contribution in [2.45, 2.75) is 44.6 Å². The highest BCUT2D eigenvalue weighted by Crippen LogP contribution is 2.22. The van der Waals surface area contributed by atoms with Crippen molar-refractivity contribution in [3.63, 3.8) is 0 Å². The highest BCUT2D eigenvalue weighted by molar-refractivity contribution is 5.85. The predicted molar refractivity (Wildman–Crippen MR) is 138 cm³/mol. The lowest BCUT2D eigenvalue weighted by Crippen LogP contribution is -2.44. The van der Waals surface area contributed by atoms with Gasteiger partial charge in [-0.25, -0.2) is 0 Å². The zero-order valence-corrected chi connectivity index (χ0v) is 21.2. The minimum atomic E-state index is -1.05. The SMILES string of the molecule is Cl.NC(=O)C1CCN(CC(COc2ccccc2CCc2ccccc2)OC(=O)CCC(=O)O)CC1. The number of carbonyl (C=O) groups is 3. The Bertz CT molecular complexity index is 979. The lowest BCUT2D eigenvalue weighted by atomic mass is 9.96. The second-order valence-electron chi connectivity index (χ2n) is 8.89. The van der Waals surface area contributed by atoms with E-state index < -0.39 is 18.0 Å². The molecule has 1 aliphatic rings. The minimum absolute atomic E-state index is 0. The highest BCUT2D eigenvalue weighted by atomic mass is 35.5. The number of amides is 1. The summed E-state index contributed by atoms with van der Waals surface area (Å²) in [5.74, 6) is -1.28. The molecule has 36 heavy (non-hydrogen) atoms. The number of hydrogen-bond donors (Lipinski definition) is 2. The molecule has 1 atom stereocenters. The molecular weight excluding hydrogens is 484 g/mol. The molecule has 196 valence electrons. The van der Waals surface area contributed by atoms with Gasteiger partial charge in [-0.05, 0) is 56.0 Å². The predicted octanol–water partition coefficient (Wildman–Crippen LogP) is 3.25. The molecule has 1 heterocycles. The van der Waals surface area contributed by atoms with Crippen LogP contribution in [0.25, 0.3) is 0 Å². The number of esters is 1. The summed E-state index contributed by atoms with van der Waals surface area (Å²) in [7, 11) is 0. The fourth-order valence-electron chi connectivity index (χ4n) is 4.22. The molecule has 1 amide bonds. The molecule has 3 N–H and O–H groups in total. The van der Waals surface area contributed by atoms with E-state index in [1.807, 2.05) is 42.5 Å². The van der Waals surface area contributed by atoms with Gasteiger partial charge in [0.05, 0.1) is 12.8 Å². The Morgan fingerprint density at radius 1 is 0.972 bits per heavy atom. The van der Waals surface area contributed by atoms with E-state index >= 15 is 0 Å². The summed E-state index contributed by atoms with van der Waals surface area (Å²) in [5.41, 5.74) is 7.74. The van der Waals surface area contributed by atoms with Crippen LogP contribution in [-0.2, 0) is 32.0 Å². The van der Waals surface area contributed by atoms with Crippen LogP contribution in [0, 0.1) is 5.92 Å². The van der Waals surface area contributed by atoms with E-state index in [2.05, 4.69) is 17.0 Å². The Hall–Kier alpha value is -3.10. The number of nitrogens with zero attached hydrogens (tertiary/aromatic N) is 1. The summed E-state index contributed by atoms with van der Waals surface area (Å²) < 4.78 is 11.7. The maximum absolute atomic E-state index is 12.3. The third-order valence-electron chi connectivity index (χ3n) is 6.22. The Morgan fingerprint density at radius 2 is 1.64 bits per heavy atom. The summed E-state index contributed by atoms with van der Waals surface area (Å²) in [4.78, 5) is 36.7. The van der Waals surface area contributed by atoms with Crippen molar-refractivity contribution in [1.82, 2.24) is 4.90 Å². The number of aliphatic carboxylic acids is 1. The Kier molecular flexibility index (Phi) is 12.2. The maximum atomic E-state index is 12.3. The third kappa shape index (κ3) is 9.87. The molecule has 8 nitrogen and oxygen atoms in total. The Labute approximate surface area is 218 Å². The first-order chi connectivity index (χ1) is 16.9. The summed E-state index contributed by atoms with van der Waals surface area (Å²) in [5, 5.41) is 8.86. The van der Waals surface area contributed by atoms with Crippen molar-refractivity contribution in [1.29, 1.82) is 0 Å². The van der Waals surface area contributed by atoms with Crippen molar-refractivity contribution in [3.8, 4) is 5.75 Å². The molecule has 1 unspecified atom stereocenters.